The number of aromatic amines is 1. The van der Waals surface area contributed by atoms with Crippen LogP contribution in [0.5, 0.6) is 0 Å². The molecule has 2 atom stereocenters. The minimum atomic E-state index is -1.15. The number of carboxylic acids is 1. The Morgan fingerprint density at radius 1 is 1.27 bits per heavy atom. The maximum atomic E-state index is 12.8. The quantitative estimate of drug-likeness (QED) is 0.385. The van der Waals surface area contributed by atoms with E-state index in [9.17, 15) is 24.3 Å². The van der Waals surface area contributed by atoms with Crippen LogP contribution in [0, 0.1) is 0 Å². The monoisotopic (exact) mass is 415 g/mol. The lowest BCUT2D eigenvalue weighted by Gasteiger charge is -2.25. The van der Waals surface area contributed by atoms with Crippen LogP contribution in [-0.4, -0.2) is 70.4 Å². The van der Waals surface area contributed by atoms with Gasteiger partial charge in [0.25, 0.3) is 0 Å². The number of nitrogens with two attached hydrogens (primary N) is 1. The average molecular weight is 415 g/mol. The highest BCUT2D eigenvalue weighted by Crippen LogP contribution is 2.20. The number of rotatable bonds is 8. The van der Waals surface area contributed by atoms with Gasteiger partial charge in [-0.25, -0.2) is 4.79 Å². The van der Waals surface area contributed by atoms with Gasteiger partial charge in [-0.15, -0.1) is 0 Å². The Morgan fingerprint density at radius 3 is 2.77 bits per heavy atom. The number of nitrogens with zero attached hydrogens (tertiary/aromatic N) is 1. The molecule has 3 rings (SSSR count). The van der Waals surface area contributed by atoms with Crippen molar-refractivity contribution in [3.8, 4) is 0 Å². The molecule has 0 bridgehead atoms. The van der Waals surface area contributed by atoms with E-state index in [0.717, 1.165) is 16.5 Å². The lowest BCUT2D eigenvalue weighted by Crippen LogP contribution is -2.53. The summed E-state index contributed by atoms with van der Waals surface area (Å²) in [5.41, 5.74) is 6.87. The van der Waals surface area contributed by atoms with Gasteiger partial charge in [-0.1, -0.05) is 18.2 Å². The summed E-state index contributed by atoms with van der Waals surface area (Å²) in [5.74, 6) is -2.54. The summed E-state index contributed by atoms with van der Waals surface area (Å²) in [7, 11) is 0. The van der Waals surface area contributed by atoms with Gasteiger partial charge in [-0.2, -0.15) is 0 Å². The lowest BCUT2D eigenvalue weighted by molar-refractivity contribution is -0.143. The Hall–Kier alpha value is -3.40. The Kier molecular flexibility index (Phi) is 6.68. The van der Waals surface area contributed by atoms with Crippen molar-refractivity contribution in [2.45, 2.75) is 31.3 Å². The molecule has 30 heavy (non-hydrogen) atoms. The highest BCUT2D eigenvalue weighted by atomic mass is 16.4. The topological polar surface area (TPSA) is 158 Å². The van der Waals surface area contributed by atoms with Crippen LogP contribution in [0.2, 0.25) is 0 Å². The van der Waals surface area contributed by atoms with Crippen molar-refractivity contribution in [2.24, 2.45) is 5.73 Å². The van der Waals surface area contributed by atoms with Gasteiger partial charge in [-0.3, -0.25) is 14.4 Å². The number of nitrogens with one attached hydrogen (secondary N) is 3. The summed E-state index contributed by atoms with van der Waals surface area (Å²) >= 11 is 0. The van der Waals surface area contributed by atoms with Crippen molar-refractivity contribution in [1.29, 1.82) is 0 Å². The molecule has 1 aromatic heterocycles. The highest BCUT2D eigenvalue weighted by Gasteiger charge is 2.35. The first-order chi connectivity index (χ1) is 14.4. The average Bonchev–Trinajstić information content (AvgIpc) is 3.38. The minimum absolute atomic E-state index is 0.109. The van der Waals surface area contributed by atoms with E-state index in [4.69, 9.17) is 5.73 Å². The van der Waals surface area contributed by atoms with E-state index in [1.807, 2.05) is 24.3 Å². The molecule has 2 heterocycles. The molecule has 0 saturated carbocycles. The van der Waals surface area contributed by atoms with Gasteiger partial charge in [0.15, 0.2) is 0 Å². The van der Waals surface area contributed by atoms with Gasteiger partial charge in [0.2, 0.25) is 17.7 Å². The number of carbonyl (C=O) groups is 4. The zero-order valence-electron chi connectivity index (χ0n) is 16.4. The summed E-state index contributed by atoms with van der Waals surface area (Å²) in [4.78, 5) is 52.6. The van der Waals surface area contributed by atoms with E-state index in [1.165, 1.54) is 4.90 Å². The molecule has 1 fully saturated rings. The van der Waals surface area contributed by atoms with Crippen LogP contribution < -0.4 is 16.4 Å². The van der Waals surface area contributed by atoms with Crippen LogP contribution in [0.4, 0.5) is 0 Å². The van der Waals surface area contributed by atoms with Crippen LogP contribution in [0.1, 0.15) is 18.4 Å². The first kappa shape index (κ1) is 21.3. The molecule has 0 aliphatic carbocycles. The fraction of sp³-hybridized carbons (Fsp3) is 0.400. The summed E-state index contributed by atoms with van der Waals surface area (Å²) in [6.07, 6.45) is 2.90. The molecule has 2 aromatic rings. The maximum Gasteiger partial charge on any atom is 0.326 e. The van der Waals surface area contributed by atoms with Gasteiger partial charge in [-0.05, 0) is 24.5 Å². The number of aromatic nitrogens is 1. The van der Waals surface area contributed by atoms with Gasteiger partial charge in [0.05, 0.1) is 13.1 Å². The third-order valence-corrected chi connectivity index (χ3v) is 5.21. The fourth-order valence-corrected chi connectivity index (χ4v) is 3.67. The number of hydrogen-bond acceptors (Lipinski definition) is 5. The Labute approximate surface area is 172 Å². The molecule has 1 aliphatic heterocycles. The number of amides is 3. The van der Waals surface area contributed by atoms with Crippen molar-refractivity contribution in [2.75, 3.05) is 19.6 Å². The van der Waals surface area contributed by atoms with Crippen molar-refractivity contribution < 1.29 is 24.3 Å². The second-order valence-corrected chi connectivity index (χ2v) is 7.19. The number of carbonyl (C=O) groups excluding carboxylic acids is 3. The molecule has 0 radical (unpaired) electrons. The van der Waals surface area contributed by atoms with Crippen molar-refractivity contribution in [3.63, 3.8) is 0 Å². The SMILES string of the molecule is NCC(=O)NCC(=O)N1CCCC1C(=O)NC(Cc1c[nH]c2ccccc12)C(=O)O. The molecule has 6 N–H and O–H groups in total. The molecule has 1 aromatic carbocycles. The molecule has 3 amide bonds. The standard InChI is InChI=1S/C20H25N5O5/c21-9-17(26)23-11-18(27)25-7-3-6-16(25)19(28)24-15(20(29)30)8-12-10-22-14-5-2-1-4-13(12)14/h1-2,4-5,10,15-16,22H,3,6-9,11,21H2,(H,23,26)(H,24,28)(H,29,30). The van der Waals surface area contributed by atoms with Crippen LogP contribution in [-0.2, 0) is 25.6 Å². The van der Waals surface area contributed by atoms with E-state index in [1.54, 1.807) is 6.20 Å². The number of fused-ring (bicyclic) bond motifs is 1. The Morgan fingerprint density at radius 2 is 2.03 bits per heavy atom. The lowest BCUT2D eigenvalue weighted by atomic mass is 10.0. The molecule has 1 saturated heterocycles. The number of likely N-dealkylation sites (tertiary alicyclic amines) is 1. The van der Waals surface area contributed by atoms with Crippen LogP contribution in [0.15, 0.2) is 30.5 Å². The van der Waals surface area contributed by atoms with Crippen LogP contribution in [0.25, 0.3) is 10.9 Å². The third-order valence-electron chi connectivity index (χ3n) is 5.21. The molecule has 1 aliphatic rings. The van der Waals surface area contributed by atoms with Crippen molar-refractivity contribution in [3.05, 3.63) is 36.0 Å². The van der Waals surface area contributed by atoms with E-state index in [-0.39, 0.29) is 19.5 Å². The van der Waals surface area contributed by atoms with Gasteiger partial charge in [0, 0.05) is 30.1 Å². The second-order valence-electron chi connectivity index (χ2n) is 7.19. The minimum Gasteiger partial charge on any atom is -0.480 e. The normalized spacial score (nSPS) is 17.0. The summed E-state index contributed by atoms with van der Waals surface area (Å²) < 4.78 is 0. The molecule has 10 nitrogen and oxygen atoms in total. The molecule has 0 spiro atoms. The number of para-hydroxylation sites is 1. The smallest absolute Gasteiger partial charge is 0.326 e. The third kappa shape index (κ3) is 4.77. The number of H-pyrrole nitrogens is 1. The maximum absolute atomic E-state index is 12.8. The van der Waals surface area contributed by atoms with Crippen molar-refractivity contribution in [1.82, 2.24) is 20.5 Å². The second kappa shape index (κ2) is 9.40. The van der Waals surface area contributed by atoms with Gasteiger partial charge in [0.1, 0.15) is 12.1 Å². The predicted octanol–water partition coefficient (Wildman–Crippen LogP) is -0.654. The molecular formula is C20H25N5O5. The summed E-state index contributed by atoms with van der Waals surface area (Å²) in [6.45, 7) is -0.113. The highest BCUT2D eigenvalue weighted by molar-refractivity contribution is 5.93. The predicted molar refractivity (Wildman–Crippen MR) is 108 cm³/mol. The first-order valence-corrected chi connectivity index (χ1v) is 9.75. The largest absolute Gasteiger partial charge is 0.480 e. The van der Waals surface area contributed by atoms with E-state index in [0.29, 0.717) is 19.4 Å². The summed E-state index contributed by atoms with van der Waals surface area (Å²) in [6, 6.07) is 5.61. The number of benzene rings is 1. The van der Waals surface area contributed by atoms with Gasteiger partial charge >= 0.3 is 5.97 Å². The summed E-state index contributed by atoms with van der Waals surface area (Å²) in [5, 5.41) is 15.5. The number of hydrogen-bond donors (Lipinski definition) is 5. The zero-order valence-corrected chi connectivity index (χ0v) is 16.4. The molecular weight excluding hydrogens is 390 g/mol. The van der Waals surface area contributed by atoms with E-state index in [2.05, 4.69) is 15.6 Å². The fourth-order valence-electron chi connectivity index (χ4n) is 3.67. The molecule has 2 unspecified atom stereocenters. The van der Waals surface area contributed by atoms with Crippen LogP contribution >= 0.6 is 0 Å². The van der Waals surface area contributed by atoms with Gasteiger partial charge < -0.3 is 31.4 Å². The number of aliphatic carboxylic acids is 1. The Balaban J connectivity index is 1.66. The first-order valence-electron chi connectivity index (χ1n) is 9.75. The van der Waals surface area contributed by atoms with E-state index < -0.39 is 35.8 Å². The molecule has 160 valence electrons. The molecule has 10 heteroatoms. The van der Waals surface area contributed by atoms with Crippen molar-refractivity contribution >= 4 is 34.6 Å². The number of carboxylic acid groups (broad SMARTS) is 1. The van der Waals surface area contributed by atoms with Crippen LogP contribution in [0.3, 0.4) is 0 Å². The van der Waals surface area contributed by atoms with E-state index >= 15 is 0 Å². The Bertz CT molecular complexity index is 956. The zero-order chi connectivity index (χ0) is 21.7.